The van der Waals surface area contributed by atoms with Crippen molar-refractivity contribution in [2.45, 2.75) is 32.6 Å². The second-order valence-electron chi connectivity index (χ2n) is 7.56. The van der Waals surface area contributed by atoms with Crippen molar-refractivity contribution in [1.82, 2.24) is 0 Å². The van der Waals surface area contributed by atoms with Gasteiger partial charge in [-0.05, 0) is 61.2 Å². The van der Waals surface area contributed by atoms with E-state index < -0.39 is 0 Å². The van der Waals surface area contributed by atoms with Crippen molar-refractivity contribution >= 4 is 17.3 Å². The number of benzene rings is 3. The molecule has 1 amide bonds. The predicted molar refractivity (Wildman–Crippen MR) is 131 cm³/mol. The summed E-state index contributed by atoms with van der Waals surface area (Å²) >= 11 is 0. The second kappa shape index (κ2) is 13.1. The number of carbonyl (C=O) groups excluding carboxylic acids is 1. The lowest BCUT2D eigenvalue weighted by Crippen LogP contribution is -2.22. The molecule has 3 aromatic rings. The first-order chi connectivity index (χ1) is 15.7. The van der Waals surface area contributed by atoms with Crippen molar-refractivity contribution in [2.75, 3.05) is 30.4 Å². The molecule has 0 saturated heterocycles. The van der Waals surface area contributed by atoms with Crippen LogP contribution >= 0.6 is 0 Å². The molecule has 32 heavy (non-hydrogen) atoms. The molecule has 3 rings (SSSR count). The van der Waals surface area contributed by atoms with E-state index in [9.17, 15) is 4.79 Å². The molecule has 0 unspecified atom stereocenters. The molecule has 0 aliphatic rings. The molecule has 0 fully saturated rings. The highest BCUT2D eigenvalue weighted by molar-refractivity contribution is 5.94. The zero-order valence-corrected chi connectivity index (χ0v) is 18.7. The first kappa shape index (κ1) is 23.2. The molecule has 0 heterocycles. The molecule has 5 nitrogen and oxygen atoms in total. The van der Waals surface area contributed by atoms with Crippen LogP contribution in [0, 0.1) is 0 Å². The Labute approximate surface area is 190 Å². The minimum Gasteiger partial charge on any atom is -0.494 e. The number of nitrogens with one attached hydrogen (secondary N) is 2. The summed E-state index contributed by atoms with van der Waals surface area (Å²) in [6.07, 6.45) is 4.03. The summed E-state index contributed by atoms with van der Waals surface area (Å²) < 4.78 is 11.6. The molecule has 0 aliphatic carbocycles. The van der Waals surface area contributed by atoms with Crippen molar-refractivity contribution in [3.63, 3.8) is 0 Å². The lowest BCUT2D eigenvalue weighted by atomic mass is 10.1. The number of unbranched alkanes of at least 4 members (excludes halogenated alkanes) is 1. The fraction of sp³-hybridized carbons (Fsp3) is 0.296. The van der Waals surface area contributed by atoms with Crippen LogP contribution in [-0.2, 0) is 11.2 Å². The Morgan fingerprint density at radius 1 is 0.812 bits per heavy atom. The number of rotatable bonds is 13. The number of hydrogen-bond donors (Lipinski definition) is 2. The lowest BCUT2D eigenvalue weighted by Gasteiger charge is -2.13. The maximum atomic E-state index is 12.4. The van der Waals surface area contributed by atoms with Crippen LogP contribution in [0.15, 0.2) is 78.9 Å². The standard InChI is InChI=1S/C27H32N2O3/c1-2-3-19-31-24-17-15-23(16-18-24)29-27(30)21-28-25-13-7-8-14-26(25)32-20-9-12-22-10-5-4-6-11-22/h4-8,10-11,13-18,28H,2-3,9,12,19-21H2,1H3,(H,29,30). The molecule has 168 valence electrons. The molecule has 0 radical (unpaired) electrons. The van der Waals surface area contributed by atoms with Crippen molar-refractivity contribution < 1.29 is 14.3 Å². The maximum Gasteiger partial charge on any atom is 0.243 e. The van der Waals surface area contributed by atoms with Gasteiger partial charge in [0.1, 0.15) is 11.5 Å². The third-order valence-corrected chi connectivity index (χ3v) is 4.94. The highest BCUT2D eigenvalue weighted by Crippen LogP contribution is 2.24. The van der Waals surface area contributed by atoms with Gasteiger partial charge in [-0.1, -0.05) is 55.8 Å². The van der Waals surface area contributed by atoms with E-state index in [1.807, 2.05) is 54.6 Å². The molecule has 0 aromatic heterocycles. The van der Waals surface area contributed by atoms with E-state index >= 15 is 0 Å². The summed E-state index contributed by atoms with van der Waals surface area (Å²) in [6.45, 7) is 3.61. The average molecular weight is 433 g/mol. The van der Waals surface area contributed by atoms with E-state index in [0.29, 0.717) is 13.2 Å². The van der Waals surface area contributed by atoms with Gasteiger partial charge in [-0.3, -0.25) is 4.79 Å². The van der Waals surface area contributed by atoms with Gasteiger partial charge in [-0.2, -0.15) is 0 Å². The number of aryl methyl sites for hydroxylation is 1. The van der Waals surface area contributed by atoms with Gasteiger partial charge in [0.15, 0.2) is 0 Å². The van der Waals surface area contributed by atoms with Crippen LogP contribution in [0.5, 0.6) is 11.5 Å². The number of para-hydroxylation sites is 2. The molecule has 0 aliphatic heterocycles. The zero-order chi connectivity index (χ0) is 22.4. The first-order valence-corrected chi connectivity index (χ1v) is 11.3. The van der Waals surface area contributed by atoms with Crippen LogP contribution in [0.4, 0.5) is 11.4 Å². The third-order valence-electron chi connectivity index (χ3n) is 4.94. The van der Waals surface area contributed by atoms with Gasteiger partial charge < -0.3 is 20.1 Å². The predicted octanol–water partition coefficient (Wildman–Crippen LogP) is 5.93. The number of hydrogen-bond acceptors (Lipinski definition) is 4. The number of anilines is 2. The number of ether oxygens (including phenoxy) is 2. The van der Waals surface area contributed by atoms with Crippen molar-refractivity contribution in [2.24, 2.45) is 0 Å². The van der Waals surface area contributed by atoms with Gasteiger partial charge >= 0.3 is 0 Å². The minimum absolute atomic E-state index is 0.122. The second-order valence-corrected chi connectivity index (χ2v) is 7.56. The monoisotopic (exact) mass is 432 g/mol. The summed E-state index contributed by atoms with van der Waals surface area (Å²) in [7, 11) is 0. The first-order valence-electron chi connectivity index (χ1n) is 11.3. The number of carbonyl (C=O) groups is 1. The highest BCUT2D eigenvalue weighted by Gasteiger charge is 2.07. The summed E-state index contributed by atoms with van der Waals surface area (Å²) in [5.41, 5.74) is 2.85. The number of amides is 1. The Morgan fingerprint density at radius 2 is 1.53 bits per heavy atom. The largest absolute Gasteiger partial charge is 0.494 e. The average Bonchev–Trinajstić information content (AvgIpc) is 2.83. The third kappa shape index (κ3) is 7.99. The molecule has 0 saturated carbocycles. The van der Waals surface area contributed by atoms with Crippen molar-refractivity contribution in [3.05, 3.63) is 84.4 Å². The van der Waals surface area contributed by atoms with Gasteiger partial charge in [0.2, 0.25) is 5.91 Å². The minimum atomic E-state index is -0.122. The molecular formula is C27H32N2O3. The molecule has 0 atom stereocenters. The van der Waals surface area contributed by atoms with Crippen molar-refractivity contribution in [3.8, 4) is 11.5 Å². The van der Waals surface area contributed by atoms with Gasteiger partial charge in [0.05, 0.1) is 25.4 Å². The SMILES string of the molecule is CCCCOc1ccc(NC(=O)CNc2ccccc2OCCCc2ccccc2)cc1. The molecular weight excluding hydrogens is 400 g/mol. The van der Waals surface area contributed by atoms with E-state index in [2.05, 4.69) is 41.8 Å². The fourth-order valence-electron chi connectivity index (χ4n) is 3.19. The zero-order valence-electron chi connectivity index (χ0n) is 18.7. The van der Waals surface area contributed by atoms with Gasteiger partial charge in [-0.25, -0.2) is 0 Å². The van der Waals surface area contributed by atoms with Crippen LogP contribution in [0.2, 0.25) is 0 Å². The highest BCUT2D eigenvalue weighted by atomic mass is 16.5. The van der Waals surface area contributed by atoms with E-state index in [4.69, 9.17) is 9.47 Å². The quantitative estimate of drug-likeness (QED) is 0.329. The Morgan fingerprint density at radius 3 is 2.31 bits per heavy atom. The van der Waals surface area contributed by atoms with Crippen LogP contribution < -0.4 is 20.1 Å². The molecule has 0 bridgehead atoms. The van der Waals surface area contributed by atoms with Gasteiger partial charge in [0, 0.05) is 5.69 Å². The molecule has 3 aromatic carbocycles. The maximum absolute atomic E-state index is 12.4. The Hall–Kier alpha value is -3.47. The summed E-state index contributed by atoms with van der Waals surface area (Å²) in [6, 6.07) is 25.5. The van der Waals surface area contributed by atoms with Gasteiger partial charge in [0.25, 0.3) is 0 Å². The van der Waals surface area contributed by atoms with Gasteiger partial charge in [-0.15, -0.1) is 0 Å². The van der Waals surface area contributed by atoms with Crippen molar-refractivity contribution in [1.29, 1.82) is 0 Å². The normalized spacial score (nSPS) is 10.4. The van der Waals surface area contributed by atoms with E-state index in [0.717, 1.165) is 48.6 Å². The molecule has 2 N–H and O–H groups in total. The van der Waals surface area contributed by atoms with Crippen LogP contribution in [0.1, 0.15) is 31.7 Å². The van der Waals surface area contributed by atoms with E-state index in [1.165, 1.54) is 5.56 Å². The van der Waals surface area contributed by atoms with E-state index in [-0.39, 0.29) is 12.5 Å². The van der Waals surface area contributed by atoms with Crippen LogP contribution in [0.3, 0.4) is 0 Å². The molecule has 5 heteroatoms. The van der Waals surface area contributed by atoms with E-state index in [1.54, 1.807) is 0 Å². The molecule has 0 spiro atoms. The Kier molecular flexibility index (Phi) is 9.46. The summed E-state index contributed by atoms with van der Waals surface area (Å²) in [5, 5.41) is 6.07. The fourth-order valence-corrected chi connectivity index (χ4v) is 3.19. The smallest absolute Gasteiger partial charge is 0.243 e. The Bertz CT molecular complexity index is 943. The Balaban J connectivity index is 1.42. The summed E-state index contributed by atoms with van der Waals surface area (Å²) in [5.74, 6) is 1.44. The van der Waals surface area contributed by atoms with Crippen LogP contribution in [0.25, 0.3) is 0 Å². The lowest BCUT2D eigenvalue weighted by molar-refractivity contribution is -0.114. The topological polar surface area (TPSA) is 59.6 Å². The summed E-state index contributed by atoms with van der Waals surface area (Å²) in [4.78, 5) is 12.4. The van der Waals surface area contributed by atoms with Crippen LogP contribution in [-0.4, -0.2) is 25.7 Å².